The van der Waals surface area contributed by atoms with E-state index < -0.39 is 35.0 Å². The second kappa shape index (κ2) is 11.4. The molecule has 1 N–H and O–H groups in total. The summed E-state index contributed by atoms with van der Waals surface area (Å²) in [5.74, 6) is 1.33. The van der Waals surface area contributed by atoms with Crippen LogP contribution in [0.4, 0.5) is 17.6 Å². The monoisotopic (exact) mass is 528 g/mol. The molecule has 1 aliphatic heterocycles. The smallest absolute Gasteiger partial charge is 0.309 e. The van der Waals surface area contributed by atoms with Gasteiger partial charge in [0.05, 0.1) is 30.1 Å². The topological polar surface area (TPSA) is 62.7 Å². The molecule has 0 spiro atoms. The summed E-state index contributed by atoms with van der Waals surface area (Å²) < 4.78 is 61.5. The quantitative estimate of drug-likeness (QED) is 0.232. The van der Waals surface area contributed by atoms with Crippen LogP contribution >= 0.6 is 0 Å². The minimum atomic E-state index is -1.38. The van der Waals surface area contributed by atoms with Gasteiger partial charge in [0.1, 0.15) is 17.7 Å². The average molecular weight is 529 g/mol. The van der Waals surface area contributed by atoms with E-state index in [4.69, 9.17) is 4.74 Å². The van der Waals surface area contributed by atoms with Crippen molar-refractivity contribution in [3.05, 3.63) is 70.7 Å². The van der Waals surface area contributed by atoms with E-state index in [2.05, 4.69) is 16.8 Å². The number of rotatable bonds is 7. The van der Waals surface area contributed by atoms with Gasteiger partial charge in [-0.15, -0.1) is 0 Å². The number of carbonyl (C=O) groups is 1. The lowest BCUT2D eigenvalue weighted by Crippen LogP contribution is -2.44. The fraction of sp³-hybridized carbons (Fsp3) is 0.379. The molecule has 1 aliphatic rings. The molecule has 38 heavy (non-hydrogen) atoms. The SMILES string of the molecule is COc1ccc2ncc(C)c([C@@H](F)CCC3(C(=O)O)CCN(CC#Cc4cc(F)cc(F)c4F)CC3)c2c1. The summed E-state index contributed by atoms with van der Waals surface area (Å²) in [6.07, 6.45) is 1.02. The fourth-order valence-corrected chi connectivity index (χ4v) is 4.99. The van der Waals surface area contributed by atoms with E-state index in [9.17, 15) is 23.1 Å². The number of carboxylic acids is 1. The maximum absolute atomic E-state index is 15.7. The summed E-state index contributed by atoms with van der Waals surface area (Å²) in [6, 6.07) is 6.54. The Morgan fingerprint density at radius 3 is 2.63 bits per heavy atom. The number of piperidine rings is 1. The van der Waals surface area contributed by atoms with E-state index in [1.807, 2.05) is 4.90 Å². The molecule has 0 amide bonds. The van der Waals surface area contributed by atoms with Crippen molar-refractivity contribution in [2.24, 2.45) is 5.41 Å². The van der Waals surface area contributed by atoms with Crippen LogP contribution in [-0.2, 0) is 4.79 Å². The van der Waals surface area contributed by atoms with Crippen molar-refractivity contribution < 1.29 is 32.2 Å². The lowest BCUT2D eigenvalue weighted by molar-refractivity contribution is -0.152. The number of hydrogen-bond acceptors (Lipinski definition) is 4. The Hall–Kier alpha value is -3.64. The molecule has 0 saturated carbocycles. The van der Waals surface area contributed by atoms with Gasteiger partial charge < -0.3 is 9.84 Å². The van der Waals surface area contributed by atoms with Crippen LogP contribution in [0.5, 0.6) is 5.75 Å². The van der Waals surface area contributed by atoms with Crippen LogP contribution < -0.4 is 4.74 Å². The molecule has 1 saturated heterocycles. The van der Waals surface area contributed by atoms with Crippen molar-refractivity contribution in [2.75, 3.05) is 26.7 Å². The van der Waals surface area contributed by atoms with Crippen molar-refractivity contribution in [2.45, 2.75) is 38.8 Å². The maximum atomic E-state index is 15.7. The number of fused-ring (bicyclic) bond motifs is 1. The normalized spacial score (nSPS) is 16.1. The Morgan fingerprint density at radius 2 is 1.95 bits per heavy atom. The third-order valence-corrected chi connectivity index (χ3v) is 7.29. The molecular formula is C29H28F4N2O3. The van der Waals surface area contributed by atoms with Crippen LogP contribution in [0.15, 0.2) is 36.5 Å². The molecule has 9 heteroatoms. The molecule has 0 bridgehead atoms. The molecule has 2 heterocycles. The van der Waals surface area contributed by atoms with Crippen molar-refractivity contribution in [1.29, 1.82) is 0 Å². The fourth-order valence-electron chi connectivity index (χ4n) is 4.99. The Bertz CT molecular complexity index is 1410. The number of methoxy groups -OCH3 is 1. The number of nitrogens with zero attached hydrogens (tertiary/aromatic N) is 2. The van der Waals surface area contributed by atoms with Gasteiger partial charge in [-0.3, -0.25) is 14.7 Å². The Labute approximate surface area is 218 Å². The molecule has 1 fully saturated rings. The number of halogens is 4. The highest BCUT2D eigenvalue weighted by Gasteiger charge is 2.41. The lowest BCUT2D eigenvalue weighted by atomic mass is 9.74. The average Bonchev–Trinajstić information content (AvgIpc) is 2.90. The van der Waals surface area contributed by atoms with Crippen LogP contribution in [0.2, 0.25) is 0 Å². The lowest BCUT2D eigenvalue weighted by Gasteiger charge is -2.38. The van der Waals surface area contributed by atoms with E-state index >= 15 is 4.39 Å². The van der Waals surface area contributed by atoms with Gasteiger partial charge in [-0.05, 0) is 68.0 Å². The van der Waals surface area contributed by atoms with E-state index in [0.717, 1.165) is 6.07 Å². The molecule has 0 radical (unpaired) electrons. The highest BCUT2D eigenvalue weighted by atomic mass is 19.2. The number of carboxylic acid groups (broad SMARTS) is 1. The minimum Gasteiger partial charge on any atom is -0.497 e. The summed E-state index contributed by atoms with van der Waals surface area (Å²) in [4.78, 5) is 18.5. The first-order valence-electron chi connectivity index (χ1n) is 12.3. The van der Waals surface area contributed by atoms with Crippen LogP contribution in [-0.4, -0.2) is 47.7 Å². The second-order valence-electron chi connectivity index (χ2n) is 9.66. The summed E-state index contributed by atoms with van der Waals surface area (Å²) in [7, 11) is 1.53. The molecule has 3 aromatic rings. The van der Waals surface area contributed by atoms with E-state index in [1.165, 1.54) is 7.11 Å². The molecular weight excluding hydrogens is 500 g/mol. The molecule has 0 unspecified atom stereocenters. The van der Waals surface area contributed by atoms with Gasteiger partial charge in [0.25, 0.3) is 0 Å². The largest absolute Gasteiger partial charge is 0.497 e. The van der Waals surface area contributed by atoms with E-state index in [0.29, 0.717) is 59.8 Å². The first kappa shape index (κ1) is 27.4. The molecule has 5 nitrogen and oxygen atoms in total. The van der Waals surface area contributed by atoms with Crippen molar-refractivity contribution >= 4 is 16.9 Å². The summed E-state index contributed by atoms with van der Waals surface area (Å²) in [5, 5.41) is 10.7. The maximum Gasteiger partial charge on any atom is 0.309 e. The number of ether oxygens (including phenoxy) is 1. The van der Waals surface area contributed by atoms with Gasteiger partial charge in [0, 0.05) is 30.7 Å². The summed E-state index contributed by atoms with van der Waals surface area (Å²) >= 11 is 0. The first-order valence-corrected chi connectivity index (χ1v) is 12.3. The summed E-state index contributed by atoms with van der Waals surface area (Å²) in [5.41, 5.74) is 0.358. The second-order valence-corrected chi connectivity index (χ2v) is 9.66. The van der Waals surface area contributed by atoms with Gasteiger partial charge in [0.2, 0.25) is 0 Å². The third-order valence-electron chi connectivity index (χ3n) is 7.29. The number of aryl methyl sites for hydroxylation is 1. The molecule has 1 atom stereocenters. The van der Waals surface area contributed by atoms with Crippen LogP contribution in [0.25, 0.3) is 10.9 Å². The van der Waals surface area contributed by atoms with Crippen molar-refractivity contribution in [3.63, 3.8) is 0 Å². The number of hydrogen-bond donors (Lipinski definition) is 1. The van der Waals surface area contributed by atoms with Gasteiger partial charge in [-0.25, -0.2) is 17.6 Å². The molecule has 0 aliphatic carbocycles. The van der Waals surface area contributed by atoms with E-state index in [-0.39, 0.29) is 24.9 Å². The highest BCUT2D eigenvalue weighted by molar-refractivity contribution is 5.85. The minimum absolute atomic E-state index is 0.0354. The van der Waals surface area contributed by atoms with Crippen LogP contribution in [0.3, 0.4) is 0 Å². The molecule has 1 aromatic heterocycles. The number of likely N-dealkylation sites (tertiary alicyclic amines) is 1. The van der Waals surface area contributed by atoms with E-state index in [1.54, 1.807) is 31.3 Å². The first-order chi connectivity index (χ1) is 18.1. The van der Waals surface area contributed by atoms with Gasteiger partial charge >= 0.3 is 5.97 Å². The third kappa shape index (κ3) is 5.76. The van der Waals surface area contributed by atoms with Crippen LogP contribution in [0, 0.1) is 41.6 Å². The molecule has 4 rings (SSSR count). The van der Waals surface area contributed by atoms with Crippen molar-refractivity contribution in [1.82, 2.24) is 9.88 Å². The zero-order valence-corrected chi connectivity index (χ0v) is 21.2. The molecule has 200 valence electrons. The van der Waals surface area contributed by atoms with Gasteiger partial charge in [-0.1, -0.05) is 11.8 Å². The standard InChI is InChI=1S/C29H28F4N2O3/c1-18-17-34-25-6-5-21(38-2)16-22(25)26(18)23(31)7-8-29(28(36)37)9-12-35(13-10-29)11-3-4-19-14-20(30)15-24(32)27(19)33/h5-6,14-17,23H,7-13H2,1-2H3,(H,36,37)/t23-/m0/s1. The number of aliphatic carboxylic acids is 1. The van der Waals surface area contributed by atoms with Gasteiger partial charge in [0.15, 0.2) is 11.6 Å². The predicted octanol–water partition coefficient (Wildman–Crippen LogP) is 5.98. The zero-order valence-electron chi connectivity index (χ0n) is 21.2. The zero-order chi connectivity index (χ0) is 27.4. The Morgan fingerprint density at radius 1 is 1.21 bits per heavy atom. The van der Waals surface area contributed by atoms with Crippen molar-refractivity contribution in [3.8, 4) is 17.6 Å². The van der Waals surface area contributed by atoms with Gasteiger partial charge in [-0.2, -0.15) is 0 Å². The number of aromatic nitrogens is 1. The van der Waals surface area contributed by atoms with Crippen LogP contribution in [0.1, 0.15) is 48.5 Å². The Kier molecular flexibility index (Phi) is 8.22. The predicted molar refractivity (Wildman–Crippen MR) is 135 cm³/mol. The Balaban J connectivity index is 1.42. The highest BCUT2D eigenvalue weighted by Crippen LogP contribution is 2.41. The number of benzene rings is 2. The molecule has 2 aromatic carbocycles. The summed E-state index contributed by atoms with van der Waals surface area (Å²) in [6.45, 7) is 2.76. The number of pyridine rings is 1. The number of alkyl halides is 1.